The number of carbonyl (C=O) groups is 1. The van der Waals surface area contributed by atoms with Crippen LogP contribution >= 0.6 is 35.0 Å². The van der Waals surface area contributed by atoms with Crippen molar-refractivity contribution in [3.8, 4) is 5.75 Å². The maximum atomic E-state index is 12.9. The standard InChI is InChI=1S/C20H17Cl2F3N4O2S/c1-11(31-14-5-3-4-13(21)9-14)18-27-28-19(29(18)2)32-10-17(30)26-16-8-12(20(23,24)25)6-7-15(16)22/h3-9,11H,10H2,1-2H3,(H,26,30). The van der Waals surface area contributed by atoms with Crippen molar-refractivity contribution in [2.45, 2.75) is 24.4 Å². The summed E-state index contributed by atoms with van der Waals surface area (Å²) in [5.41, 5.74) is -1.02. The number of hydrogen-bond donors (Lipinski definition) is 1. The minimum Gasteiger partial charge on any atom is -0.483 e. The molecule has 0 saturated carbocycles. The average molecular weight is 505 g/mol. The van der Waals surface area contributed by atoms with Gasteiger partial charge in [-0.3, -0.25) is 4.79 Å². The third-order valence-corrected chi connectivity index (χ3v) is 5.83. The van der Waals surface area contributed by atoms with Gasteiger partial charge in [-0.15, -0.1) is 10.2 Å². The third-order valence-electron chi connectivity index (χ3n) is 4.24. The SMILES string of the molecule is CC(Oc1cccc(Cl)c1)c1nnc(SCC(=O)Nc2cc(C(F)(F)F)ccc2Cl)n1C. The highest BCUT2D eigenvalue weighted by atomic mass is 35.5. The smallest absolute Gasteiger partial charge is 0.416 e. The van der Waals surface area contributed by atoms with Gasteiger partial charge in [-0.2, -0.15) is 13.2 Å². The summed E-state index contributed by atoms with van der Waals surface area (Å²) < 4.78 is 46.1. The van der Waals surface area contributed by atoms with E-state index in [9.17, 15) is 18.0 Å². The maximum absolute atomic E-state index is 12.9. The Morgan fingerprint density at radius 3 is 2.66 bits per heavy atom. The van der Waals surface area contributed by atoms with E-state index in [4.69, 9.17) is 27.9 Å². The highest BCUT2D eigenvalue weighted by Gasteiger charge is 2.31. The summed E-state index contributed by atoms with van der Waals surface area (Å²) in [4.78, 5) is 12.3. The quantitative estimate of drug-likeness (QED) is 0.399. The third kappa shape index (κ3) is 6.08. The highest BCUT2D eigenvalue weighted by molar-refractivity contribution is 7.99. The minimum atomic E-state index is -4.54. The lowest BCUT2D eigenvalue weighted by atomic mass is 10.2. The second-order valence-electron chi connectivity index (χ2n) is 6.65. The van der Waals surface area contributed by atoms with Crippen LogP contribution in [0.5, 0.6) is 5.75 Å². The molecule has 0 fully saturated rings. The van der Waals surface area contributed by atoms with Gasteiger partial charge in [0.05, 0.1) is 22.0 Å². The van der Waals surface area contributed by atoms with Crippen LogP contribution in [0.25, 0.3) is 0 Å². The van der Waals surface area contributed by atoms with Crippen LogP contribution in [0.15, 0.2) is 47.6 Å². The fourth-order valence-corrected chi connectivity index (χ4v) is 3.78. The Morgan fingerprint density at radius 1 is 1.22 bits per heavy atom. The van der Waals surface area contributed by atoms with E-state index in [-0.39, 0.29) is 16.5 Å². The average Bonchev–Trinajstić information content (AvgIpc) is 3.08. The van der Waals surface area contributed by atoms with Crippen molar-refractivity contribution in [2.75, 3.05) is 11.1 Å². The predicted octanol–water partition coefficient (Wildman–Crippen LogP) is 6.01. The van der Waals surface area contributed by atoms with Crippen molar-refractivity contribution in [1.82, 2.24) is 14.8 Å². The second kappa shape index (κ2) is 10.0. The van der Waals surface area contributed by atoms with E-state index >= 15 is 0 Å². The molecular formula is C20H17Cl2F3N4O2S. The number of halogens is 5. The van der Waals surface area contributed by atoms with Gasteiger partial charge in [-0.05, 0) is 43.3 Å². The zero-order chi connectivity index (χ0) is 23.5. The molecule has 2 aromatic carbocycles. The normalized spacial score (nSPS) is 12.5. The van der Waals surface area contributed by atoms with Crippen LogP contribution in [0.3, 0.4) is 0 Å². The molecule has 0 aliphatic carbocycles. The summed E-state index contributed by atoms with van der Waals surface area (Å²) in [6, 6.07) is 9.65. The number of thioether (sulfide) groups is 1. The number of anilines is 1. The van der Waals surface area contributed by atoms with E-state index < -0.39 is 23.8 Å². The Kier molecular flexibility index (Phi) is 7.58. The maximum Gasteiger partial charge on any atom is 0.416 e. The molecule has 1 heterocycles. The van der Waals surface area contributed by atoms with Crippen LogP contribution in [-0.2, 0) is 18.0 Å². The van der Waals surface area contributed by atoms with Gasteiger partial charge in [0.25, 0.3) is 0 Å². The Bertz CT molecular complexity index is 1120. The lowest BCUT2D eigenvalue weighted by Crippen LogP contribution is -2.16. The first-order valence-corrected chi connectivity index (χ1v) is 10.9. The molecule has 0 aliphatic heterocycles. The van der Waals surface area contributed by atoms with E-state index in [1.165, 1.54) is 0 Å². The van der Waals surface area contributed by atoms with Gasteiger partial charge < -0.3 is 14.6 Å². The molecule has 1 aromatic heterocycles. The molecule has 3 aromatic rings. The molecule has 0 aliphatic rings. The molecule has 0 saturated heterocycles. The molecule has 0 radical (unpaired) electrons. The van der Waals surface area contributed by atoms with Crippen molar-refractivity contribution in [1.29, 1.82) is 0 Å². The lowest BCUT2D eigenvalue weighted by Gasteiger charge is -2.14. The number of carbonyl (C=O) groups excluding carboxylic acids is 1. The Labute approximate surface area is 196 Å². The summed E-state index contributed by atoms with van der Waals surface area (Å²) in [5.74, 6) is 0.444. The highest BCUT2D eigenvalue weighted by Crippen LogP contribution is 2.34. The van der Waals surface area contributed by atoms with E-state index in [0.717, 1.165) is 30.0 Å². The predicted molar refractivity (Wildman–Crippen MR) is 117 cm³/mol. The minimum absolute atomic E-state index is 0.00397. The van der Waals surface area contributed by atoms with Gasteiger partial charge in [0.1, 0.15) is 5.75 Å². The molecule has 1 N–H and O–H groups in total. The molecule has 1 amide bonds. The van der Waals surface area contributed by atoms with Crippen LogP contribution in [0.1, 0.15) is 24.4 Å². The van der Waals surface area contributed by atoms with Gasteiger partial charge in [-0.25, -0.2) is 0 Å². The molecular weight excluding hydrogens is 488 g/mol. The van der Waals surface area contributed by atoms with Gasteiger partial charge in [0, 0.05) is 12.1 Å². The van der Waals surface area contributed by atoms with Gasteiger partial charge >= 0.3 is 6.18 Å². The summed E-state index contributed by atoms with van der Waals surface area (Å²) in [6.45, 7) is 1.79. The number of ether oxygens (including phenoxy) is 1. The summed E-state index contributed by atoms with van der Waals surface area (Å²) in [6.07, 6.45) is -4.99. The Hall–Kier alpha value is -2.43. The molecule has 1 atom stereocenters. The van der Waals surface area contributed by atoms with Crippen LogP contribution in [0.4, 0.5) is 18.9 Å². The summed E-state index contributed by atoms with van der Waals surface area (Å²) >= 11 is 12.9. The summed E-state index contributed by atoms with van der Waals surface area (Å²) in [5, 5.41) is 11.5. The van der Waals surface area contributed by atoms with Crippen LogP contribution in [0.2, 0.25) is 10.0 Å². The molecule has 1 unspecified atom stereocenters. The largest absolute Gasteiger partial charge is 0.483 e. The zero-order valence-corrected chi connectivity index (χ0v) is 19.1. The zero-order valence-electron chi connectivity index (χ0n) is 16.8. The number of aromatic nitrogens is 3. The number of nitrogens with one attached hydrogen (secondary N) is 1. The van der Waals surface area contributed by atoms with E-state index in [1.807, 2.05) is 0 Å². The molecule has 12 heteroatoms. The fraction of sp³-hybridized carbons (Fsp3) is 0.250. The van der Waals surface area contributed by atoms with Crippen molar-refractivity contribution in [3.05, 3.63) is 63.9 Å². The first kappa shape index (κ1) is 24.2. The van der Waals surface area contributed by atoms with Crippen LogP contribution < -0.4 is 10.1 Å². The van der Waals surface area contributed by atoms with Crippen molar-refractivity contribution in [3.63, 3.8) is 0 Å². The number of nitrogens with zero attached hydrogens (tertiary/aromatic N) is 3. The Morgan fingerprint density at radius 2 is 1.97 bits per heavy atom. The Balaban J connectivity index is 1.62. The monoisotopic (exact) mass is 504 g/mol. The number of hydrogen-bond acceptors (Lipinski definition) is 5. The molecule has 0 bridgehead atoms. The lowest BCUT2D eigenvalue weighted by molar-refractivity contribution is -0.137. The van der Waals surface area contributed by atoms with Crippen LogP contribution in [-0.4, -0.2) is 26.4 Å². The molecule has 0 spiro atoms. The van der Waals surface area contributed by atoms with Crippen LogP contribution in [0, 0.1) is 0 Å². The first-order valence-electron chi connectivity index (χ1n) is 9.15. The molecule has 3 rings (SSSR count). The van der Waals surface area contributed by atoms with Gasteiger partial charge in [0.2, 0.25) is 5.91 Å². The fourth-order valence-electron chi connectivity index (χ4n) is 2.72. The number of rotatable bonds is 7. The van der Waals surface area contributed by atoms with E-state index in [1.54, 1.807) is 42.8 Å². The number of alkyl halides is 3. The summed E-state index contributed by atoms with van der Waals surface area (Å²) in [7, 11) is 1.72. The number of amides is 1. The van der Waals surface area contributed by atoms with Gasteiger partial charge in [0.15, 0.2) is 17.1 Å². The van der Waals surface area contributed by atoms with Crippen molar-refractivity contribution in [2.24, 2.45) is 7.05 Å². The number of benzene rings is 2. The molecule has 32 heavy (non-hydrogen) atoms. The second-order valence-corrected chi connectivity index (χ2v) is 8.43. The van der Waals surface area contributed by atoms with Crippen molar-refractivity contribution >= 4 is 46.6 Å². The van der Waals surface area contributed by atoms with Crippen molar-refractivity contribution < 1.29 is 22.7 Å². The topological polar surface area (TPSA) is 69.0 Å². The molecule has 170 valence electrons. The molecule has 6 nitrogen and oxygen atoms in total. The van der Waals surface area contributed by atoms with E-state index in [0.29, 0.717) is 21.8 Å². The van der Waals surface area contributed by atoms with E-state index in [2.05, 4.69) is 15.5 Å². The van der Waals surface area contributed by atoms with Gasteiger partial charge in [-0.1, -0.05) is 41.0 Å². The first-order chi connectivity index (χ1) is 15.0.